The average molecular weight is 250 g/mol. The van der Waals surface area contributed by atoms with E-state index in [0.29, 0.717) is 11.6 Å². The van der Waals surface area contributed by atoms with Crippen molar-refractivity contribution in [3.05, 3.63) is 46.6 Å². The number of carbonyl (C=O) groups is 1. The average Bonchev–Trinajstić information content (AvgIpc) is 2.35. The largest absolute Gasteiger partial charge is 0.393 e. The van der Waals surface area contributed by atoms with Crippen molar-refractivity contribution in [3.63, 3.8) is 0 Å². The van der Waals surface area contributed by atoms with Crippen molar-refractivity contribution in [2.24, 2.45) is 0 Å². The number of halogens is 1. The minimum atomic E-state index is -0.406. The highest BCUT2D eigenvalue weighted by Gasteiger charge is 2.07. The van der Waals surface area contributed by atoms with Crippen LogP contribution in [0.1, 0.15) is 5.56 Å². The van der Waals surface area contributed by atoms with Crippen LogP contribution in [0.3, 0.4) is 0 Å². The Kier molecular flexibility index (Phi) is 5.05. The molecule has 0 atom stereocenters. The molecule has 1 aromatic carbocycles. The van der Waals surface area contributed by atoms with Gasteiger partial charge in [0.25, 0.3) is 5.91 Å². The number of nitrogens with zero attached hydrogens (tertiary/aromatic N) is 1. The van der Waals surface area contributed by atoms with Crippen LogP contribution in [0.2, 0.25) is 5.02 Å². The van der Waals surface area contributed by atoms with E-state index in [9.17, 15) is 4.79 Å². The smallest absolute Gasteiger partial charge is 0.263 e. The molecule has 17 heavy (non-hydrogen) atoms. The number of nitriles is 1. The molecule has 0 bridgehead atoms. The molecule has 0 aromatic heterocycles. The van der Waals surface area contributed by atoms with E-state index in [-0.39, 0.29) is 5.57 Å². The summed E-state index contributed by atoms with van der Waals surface area (Å²) in [6.45, 7) is 0.360. The second-order valence-corrected chi connectivity index (χ2v) is 3.70. The van der Waals surface area contributed by atoms with Gasteiger partial charge in [-0.25, -0.2) is 0 Å². The summed E-state index contributed by atoms with van der Waals surface area (Å²) in [5, 5.41) is 14.7. The first kappa shape index (κ1) is 13.1. The van der Waals surface area contributed by atoms with Crippen LogP contribution in [-0.4, -0.2) is 13.0 Å². The van der Waals surface area contributed by atoms with Crippen molar-refractivity contribution in [2.75, 3.05) is 7.05 Å². The summed E-state index contributed by atoms with van der Waals surface area (Å²) in [7, 11) is 1.63. The normalized spacial score (nSPS) is 10.5. The molecule has 0 aliphatic carbocycles. The van der Waals surface area contributed by atoms with Crippen LogP contribution in [0.4, 0.5) is 0 Å². The molecular formula is C12H12ClN3O. The Bertz CT molecular complexity index is 460. The summed E-state index contributed by atoms with van der Waals surface area (Å²) in [4.78, 5) is 11.5. The maximum absolute atomic E-state index is 11.5. The van der Waals surface area contributed by atoms with E-state index in [1.54, 1.807) is 19.2 Å². The van der Waals surface area contributed by atoms with Crippen LogP contribution in [0, 0.1) is 11.3 Å². The first-order valence-electron chi connectivity index (χ1n) is 4.97. The van der Waals surface area contributed by atoms with Gasteiger partial charge in [0.2, 0.25) is 0 Å². The molecule has 1 rings (SSSR count). The molecule has 88 valence electrons. The molecule has 0 aliphatic rings. The second kappa shape index (κ2) is 6.56. The maximum atomic E-state index is 11.5. The van der Waals surface area contributed by atoms with Gasteiger partial charge in [0.1, 0.15) is 11.6 Å². The third-order valence-electron chi connectivity index (χ3n) is 2.02. The number of hydrogen-bond acceptors (Lipinski definition) is 3. The van der Waals surface area contributed by atoms with Gasteiger partial charge in [0.15, 0.2) is 0 Å². The summed E-state index contributed by atoms with van der Waals surface area (Å²) in [5.74, 6) is -0.406. The van der Waals surface area contributed by atoms with Gasteiger partial charge in [0.05, 0.1) is 0 Å². The molecule has 0 radical (unpaired) electrons. The molecule has 0 saturated heterocycles. The number of carbonyl (C=O) groups excluding carboxylic acids is 1. The third-order valence-corrected chi connectivity index (χ3v) is 2.27. The van der Waals surface area contributed by atoms with E-state index in [1.165, 1.54) is 6.20 Å². The summed E-state index contributed by atoms with van der Waals surface area (Å²) in [6.07, 6.45) is 1.36. The van der Waals surface area contributed by atoms with Gasteiger partial charge in [-0.05, 0) is 17.7 Å². The first-order chi connectivity index (χ1) is 8.17. The third kappa shape index (κ3) is 4.17. The standard InChI is InChI=1S/C12H12ClN3O/c1-15-8-10(6-14)12(17)16-7-9-2-4-11(13)5-3-9/h2-5,8,15H,7H2,1H3,(H,16,17)/b10-8-. The van der Waals surface area contributed by atoms with Crippen molar-refractivity contribution in [3.8, 4) is 6.07 Å². The second-order valence-electron chi connectivity index (χ2n) is 3.27. The van der Waals surface area contributed by atoms with E-state index in [4.69, 9.17) is 16.9 Å². The van der Waals surface area contributed by atoms with Crippen molar-refractivity contribution < 1.29 is 4.79 Å². The number of hydrogen-bond donors (Lipinski definition) is 2. The van der Waals surface area contributed by atoms with Crippen LogP contribution >= 0.6 is 11.6 Å². The fourth-order valence-electron chi connectivity index (χ4n) is 1.17. The van der Waals surface area contributed by atoms with Crippen molar-refractivity contribution in [1.82, 2.24) is 10.6 Å². The van der Waals surface area contributed by atoms with Gasteiger partial charge in [-0.3, -0.25) is 4.79 Å². The van der Waals surface area contributed by atoms with E-state index in [2.05, 4.69) is 10.6 Å². The fourth-order valence-corrected chi connectivity index (χ4v) is 1.30. The van der Waals surface area contributed by atoms with Gasteiger partial charge in [-0.15, -0.1) is 0 Å². The van der Waals surface area contributed by atoms with Crippen molar-refractivity contribution in [1.29, 1.82) is 5.26 Å². The molecule has 0 unspecified atom stereocenters. The Morgan fingerprint density at radius 1 is 1.47 bits per heavy atom. The van der Waals surface area contributed by atoms with Crippen molar-refractivity contribution >= 4 is 17.5 Å². The fraction of sp³-hybridized carbons (Fsp3) is 0.167. The quantitative estimate of drug-likeness (QED) is 0.629. The number of nitrogens with one attached hydrogen (secondary N) is 2. The molecule has 1 amide bonds. The predicted octanol–water partition coefficient (Wildman–Crippen LogP) is 1.58. The molecule has 5 heteroatoms. The minimum Gasteiger partial charge on any atom is -0.393 e. The summed E-state index contributed by atoms with van der Waals surface area (Å²) < 4.78 is 0. The lowest BCUT2D eigenvalue weighted by Gasteiger charge is -2.04. The molecule has 4 nitrogen and oxygen atoms in total. The Morgan fingerprint density at radius 3 is 2.65 bits per heavy atom. The monoisotopic (exact) mass is 249 g/mol. The first-order valence-corrected chi connectivity index (χ1v) is 5.35. The zero-order valence-electron chi connectivity index (χ0n) is 9.33. The Hall–Kier alpha value is -1.99. The van der Waals surface area contributed by atoms with Gasteiger partial charge in [0, 0.05) is 24.8 Å². The zero-order valence-corrected chi connectivity index (χ0v) is 10.1. The lowest BCUT2D eigenvalue weighted by atomic mass is 10.2. The molecule has 0 spiro atoms. The number of rotatable bonds is 4. The molecule has 1 aromatic rings. The highest BCUT2D eigenvalue weighted by Crippen LogP contribution is 2.09. The Labute approximate surface area is 105 Å². The zero-order chi connectivity index (χ0) is 12.7. The molecule has 2 N–H and O–H groups in total. The Balaban J connectivity index is 2.57. The van der Waals surface area contributed by atoms with Crippen LogP contribution in [0.15, 0.2) is 36.0 Å². The van der Waals surface area contributed by atoms with Crippen LogP contribution in [-0.2, 0) is 11.3 Å². The number of amides is 1. The predicted molar refractivity (Wildman–Crippen MR) is 66.1 cm³/mol. The molecule has 0 saturated carbocycles. The minimum absolute atomic E-state index is 0.0430. The summed E-state index contributed by atoms with van der Waals surface area (Å²) >= 11 is 5.74. The SMILES string of the molecule is CN/C=C(/C#N)C(=O)NCc1ccc(Cl)cc1. The van der Waals surface area contributed by atoms with Gasteiger partial charge >= 0.3 is 0 Å². The lowest BCUT2D eigenvalue weighted by Crippen LogP contribution is -2.24. The lowest BCUT2D eigenvalue weighted by molar-refractivity contribution is -0.117. The van der Waals surface area contributed by atoms with Crippen LogP contribution < -0.4 is 10.6 Å². The van der Waals surface area contributed by atoms with Crippen LogP contribution in [0.5, 0.6) is 0 Å². The van der Waals surface area contributed by atoms with E-state index >= 15 is 0 Å². The van der Waals surface area contributed by atoms with Crippen LogP contribution in [0.25, 0.3) is 0 Å². The summed E-state index contributed by atoms with van der Waals surface area (Å²) in [6, 6.07) is 8.94. The van der Waals surface area contributed by atoms with Gasteiger partial charge < -0.3 is 10.6 Å². The molecule has 0 heterocycles. The van der Waals surface area contributed by atoms with E-state index < -0.39 is 5.91 Å². The van der Waals surface area contributed by atoms with Gasteiger partial charge in [-0.2, -0.15) is 5.26 Å². The highest BCUT2D eigenvalue weighted by atomic mass is 35.5. The van der Waals surface area contributed by atoms with Gasteiger partial charge in [-0.1, -0.05) is 23.7 Å². The molecular weight excluding hydrogens is 238 g/mol. The Morgan fingerprint density at radius 2 is 2.12 bits per heavy atom. The molecule has 0 fully saturated rings. The topological polar surface area (TPSA) is 64.9 Å². The maximum Gasteiger partial charge on any atom is 0.263 e. The number of benzene rings is 1. The van der Waals surface area contributed by atoms with Crippen molar-refractivity contribution in [2.45, 2.75) is 6.54 Å². The highest BCUT2D eigenvalue weighted by molar-refractivity contribution is 6.30. The molecule has 0 aliphatic heterocycles. The van der Waals surface area contributed by atoms with E-state index in [1.807, 2.05) is 18.2 Å². The summed E-state index contributed by atoms with van der Waals surface area (Å²) in [5.41, 5.74) is 0.964. The van der Waals surface area contributed by atoms with E-state index in [0.717, 1.165) is 5.56 Å².